The molecule has 0 aromatic heterocycles. The molecule has 3 heteroatoms. The average molecular weight is 280 g/mol. The largest absolute Gasteiger partial charge is 0.349 e. The highest BCUT2D eigenvalue weighted by molar-refractivity contribution is 5.87. The molecule has 3 nitrogen and oxygen atoms in total. The van der Waals surface area contributed by atoms with E-state index in [1.54, 1.807) is 0 Å². The van der Waals surface area contributed by atoms with Crippen molar-refractivity contribution in [3.05, 3.63) is 48.0 Å². The number of rotatable bonds is 3. The predicted octanol–water partition coefficient (Wildman–Crippen LogP) is 2.48. The highest BCUT2D eigenvalue weighted by Crippen LogP contribution is 2.48. The Kier molecular flexibility index (Phi) is 2.96. The summed E-state index contributed by atoms with van der Waals surface area (Å²) in [6.45, 7) is 4.09. The van der Waals surface area contributed by atoms with Gasteiger partial charge in [0.2, 0.25) is 5.91 Å². The molecular weight excluding hydrogens is 260 g/mol. The molecule has 4 atom stereocenters. The lowest BCUT2D eigenvalue weighted by atomic mass is 9.99. The van der Waals surface area contributed by atoms with E-state index in [0.29, 0.717) is 11.8 Å². The van der Waals surface area contributed by atoms with Crippen molar-refractivity contribution in [3.8, 4) is 0 Å². The molecule has 2 aromatic carbocycles. The molecule has 4 rings (SSSR count). The van der Waals surface area contributed by atoms with E-state index in [0.717, 1.165) is 13.1 Å². The number of hydrogen-bond donors (Lipinski definition) is 2. The molecular formula is C18H20N2O. The molecule has 21 heavy (non-hydrogen) atoms. The van der Waals surface area contributed by atoms with Crippen LogP contribution >= 0.6 is 0 Å². The van der Waals surface area contributed by atoms with Crippen LogP contribution in [0, 0.1) is 17.8 Å². The van der Waals surface area contributed by atoms with Crippen molar-refractivity contribution >= 4 is 16.7 Å². The highest BCUT2D eigenvalue weighted by Gasteiger charge is 2.56. The fraction of sp³-hybridized carbons (Fsp3) is 0.389. The first-order valence-electron chi connectivity index (χ1n) is 7.74. The van der Waals surface area contributed by atoms with Gasteiger partial charge in [0.1, 0.15) is 0 Å². The second kappa shape index (κ2) is 4.85. The summed E-state index contributed by atoms with van der Waals surface area (Å²) in [5.74, 6) is 1.62. The first-order valence-corrected chi connectivity index (χ1v) is 7.74. The lowest BCUT2D eigenvalue weighted by Gasteiger charge is -2.17. The molecule has 108 valence electrons. The smallest absolute Gasteiger partial charge is 0.224 e. The number of amides is 1. The van der Waals surface area contributed by atoms with Gasteiger partial charge in [0, 0.05) is 5.92 Å². The average Bonchev–Trinajstić information content (AvgIpc) is 3.00. The third kappa shape index (κ3) is 2.12. The quantitative estimate of drug-likeness (QED) is 0.907. The summed E-state index contributed by atoms with van der Waals surface area (Å²) in [4.78, 5) is 12.4. The minimum absolute atomic E-state index is 0.0536. The van der Waals surface area contributed by atoms with Crippen LogP contribution in [0.15, 0.2) is 42.5 Å². The zero-order valence-corrected chi connectivity index (χ0v) is 12.2. The molecule has 2 N–H and O–H groups in total. The van der Waals surface area contributed by atoms with E-state index >= 15 is 0 Å². The molecule has 2 fully saturated rings. The van der Waals surface area contributed by atoms with Crippen LogP contribution in [0.2, 0.25) is 0 Å². The van der Waals surface area contributed by atoms with Crippen LogP contribution in [-0.2, 0) is 4.79 Å². The molecule has 0 radical (unpaired) electrons. The van der Waals surface area contributed by atoms with Crippen LogP contribution in [0.25, 0.3) is 10.8 Å². The predicted molar refractivity (Wildman–Crippen MR) is 83.8 cm³/mol. The molecule has 1 heterocycles. The molecule has 1 saturated heterocycles. The summed E-state index contributed by atoms with van der Waals surface area (Å²) in [6, 6.07) is 14.7. The minimum Gasteiger partial charge on any atom is -0.349 e. The Labute approximate surface area is 124 Å². The van der Waals surface area contributed by atoms with Gasteiger partial charge in [0.15, 0.2) is 0 Å². The highest BCUT2D eigenvalue weighted by atomic mass is 16.2. The summed E-state index contributed by atoms with van der Waals surface area (Å²) in [5, 5.41) is 9.00. The van der Waals surface area contributed by atoms with Crippen LogP contribution in [0.4, 0.5) is 0 Å². The molecule has 1 saturated carbocycles. The van der Waals surface area contributed by atoms with Crippen LogP contribution in [0.5, 0.6) is 0 Å². The van der Waals surface area contributed by atoms with Gasteiger partial charge >= 0.3 is 0 Å². The SMILES string of the molecule is CC(NC(=O)[C@H]1[C@@H]2CNC[C@@H]21)c1cccc2ccccc12. The molecule has 1 amide bonds. The molecule has 0 spiro atoms. The fourth-order valence-corrected chi connectivity index (χ4v) is 3.82. The molecule has 2 aromatic rings. The van der Waals surface area contributed by atoms with Crippen molar-refractivity contribution in [1.82, 2.24) is 10.6 Å². The van der Waals surface area contributed by atoms with E-state index in [-0.39, 0.29) is 17.9 Å². The van der Waals surface area contributed by atoms with Gasteiger partial charge in [-0.25, -0.2) is 0 Å². The lowest BCUT2D eigenvalue weighted by molar-refractivity contribution is -0.123. The number of carbonyl (C=O) groups excluding carboxylic acids is 1. The Bertz CT molecular complexity index is 681. The van der Waals surface area contributed by atoms with Gasteiger partial charge in [-0.1, -0.05) is 42.5 Å². The molecule has 0 bridgehead atoms. The lowest BCUT2D eigenvalue weighted by Crippen LogP contribution is -2.31. The first kappa shape index (κ1) is 12.8. The van der Waals surface area contributed by atoms with Crippen molar-refractivity contribution in [1.29, 1.82) is 0 Å². The Hall–Kier alpha value is -1.87. The van der Waals surface area contributed by atoms with E-state index in [2.05, 4.69) is 54.0 Å². The van der Waals surface area contributed by atoms with Crippen LogP contribution in [0.3, 0.4) is 0 Å². The fourth-order valence-electron chi connectivity index (χ4n) is 3.82. The van der Waals surface area contributed by atoms with Crippen molar-refractivity contribution in [3.63, 3.8) is 0 Å². The minimum atomic E-state index is 0.0536. The summed E-state index contributed by atoms with van der Waals surface area (Å²) in [6.07, 6.45) is 0. The maximum Gasteiger partial charge on any atom is 0.224 e. The van der Waals surface area contributed by atoms with Crippen molar-refractivity contribution in [2.24, 2.45) is 17.8 Å². The normalized spacial score (nSPS) is 28.1. The zero-order valence-electron chi connectivity index (χ0n) is 12.2. The van der Waals surface area contributed by atoms with Gasteiger partial charge in [-0.2, -0.15) is 0 Å². The Morgan fingerprint density at radius 3 is 2.67 bits per heavy atom. The van der Waals surface area contributed by atoms with Crippen molar-refractivity contribution in [2.75, 3.05) is 13.1 Å². The number of carbonyl (C=O) groups is 1. The summed E-state index contributed by atoms with van der Waals surface area (Å²) < 4.78 is 0. The second-order valence-electron chi connectivity index (χ2n) is 6.31. The van der Waals surface area contributed by atoms with E-state index in [4.69, 9.17) is 0 Å². The van der Waals surface area contributed by atoms with Crippen LogP contribution in [-0.4, -0.2) is 19.0 Å². The van der Waals surface area contributed by atoms with E-state index in [1.165, 1.54) is 16.3 Å². The second-order valence-corrected chi connectivity index (χ2v) is 6.31. The van der Waals surface area contributed by atoms with Gasteiger partial charge in [0.05, 0.1) is 6.04 Å². The monoisotopic (exact) mass is 280 g/mol. The van der Waals surface area contributed by atoms with Gasteiger partial charge in [-0.05, 0) is 48.2 Å². The van der Waals surface area contributed by atoms with Gasteiger partial charge in [0.25, 0.3) is 0 Å². The van der Waals surface area contributed by atoms with E-state index < -0.39 is 0 Å². The summed E-state index contributed by atoms with van der Waals surface area (Å²) >= 11 is 0. The Morgan fingerprint density at radius 1 is 1.14 bits per heavy atom. The van der Waals surface area contributed by atoms with E-state index in [1.807, 2.05) is 6.07 Å². The van der Waals surface area contributed by atoms with Gasteiger partial charge < -0.3 is 10.6 Å². The third-order valence-electron chi connectivity index (χ3n) is 5.04. The van der Waals surface area contributed by atoms with E-state index in [9.17, 15) is 4.79 Å². The standard InChI is InChI=1S/C18H20N2O/c1-11(20-18(21)17-15-9-19-10-16(15)17)13-8-4-6-12-5-2-3-7-14(12)13/h2-8,11,15-17,19H,9-10H2,1H3,(H,20,21)/t11?,15-,16+,17+. The van der Waals surface area contributed by atoms with Crippen molar-refractivity contribution < 1.29 is 4.79 Å². The topological polar surface area (TPSA) is 41.1 Å². The molecule has 2 aliphatic rings. The maximum atomic E-state index is 12.4. The van der Waals surface area contributed by atoms with Crippen molar-refractivity contribution in [2.45, 2.75) is 13.0 Å². The number of nitrogens with one attached hydrogen (secondary N) is 2. The Balaban J connectivity index is 1.54. The van der Waals surface area contributed by atoms with Crippen LogP contribution < -0.4 is 10.6 Å². The maximum absolute atomic E-state index is 12.4. The third-order valence-corrected chi connectivity index (χ3v) is 5.04. The van der Waals surface area contributed by atoms with Gasteiger partial charge in [-0.3, -0.25) is 4.79 Å². The number of fused-ring (bicyclic) bond motifs is 2. The number of piperidine rings is 1. The van der Waals surface area contributed by atoms with Gasteiger partial charge in [-0.15, -0.1) is 0 Å². The first-order chi connectivity index (χ1) is 10.3. The number of benzene rings is 2. The number of hydrogen-bond acceptors (Lipinski definition) is 2. The van der Waals surface area contributed by atoms with Crippen LogP contribution in [0.1, 0.15) is 18.5 Å². The zero-order chi connectivity index (χ0) is 14.4. The summed E-state index contributed by atoms with van der Waals surface area (Å²) in [5.41, 5.74) is 1.20. The Morgan fingerprint density at radius 2 is 1.86 bits per heavy atom. The summed E-state index contributed by atoms with van der Waals surface area (Å²) in [7, 11) is 0. The molecule has 1 aliphatic heterocycles. The molecule has 1 unspecified atom stereocenters. The molecule has 1 aliphatic carbocycles.